The van der Waals surface area contributed by atoms with E-state index in [2.05, 4.69) is 22.2 Å². The van der Waals surface area contributed by atoms with Gasteiger partial charge >= 0.3 is 0 Å². The number of hydrogen-bond donors (Lipinski definition) is 2. The van der Waals surface area contributed by atoms with Gasteiger partial charge in [-0.2, -0.15) is 0 Å². The van der Waals surface area contributed by atoms with Crippen LogP contribution in [0.3, 0.4) is 0 Å². The van der Waals surface area contributed by atoms with E-state index in [1.165, 1.54) is 12.8 Å². The Bertz CT molecular complexity index is 418. The minimum Gasteiger partial charge on any atom is -0.350 e. The molecule has 1 aromatic heterocycles. The van der Waals surface area contributed by atoms with Gasteiger partial charge in [0, 0.05) is 25.8 Å². The number of hydrogen-bond acceptors (Lipinski definition) is 4. The summed E-state index contributed by atoms with van der Waals surface area (Å²) in [6, 6.07) is 3.57. The number of nitrogens with two attached hydrogens (primary N) is 1. The van der Waals surface area contributed by atoms with E-state index >= 15 is 0 Å². The third-order valence-corrected chi connectivity index (χ3v) is 3.57. The summed E-state index contributed by atoms with van der Waals surface area (Å²) < 4.78 is 0. The van der Waals surface area contributed by atoms with Crippen LogP contribution >= 0.6 is 0 Å². The molecule has 5 nitrogen and oxygen atoms in total. The summed E-state index contributed by atoms with van der Waals surface area (Å²) in [5.41, 5.74) is 6.90. The van der Waals surface area contributed by atoms with Crippen molar-refractivity contribution in [1.82, 2.24) is 15.2 Å². The molecule has 2 heterocycles. The number of aromatic nitrogens is 1. The lowest BCUT2D eigenvalue weighted by Crippen LogP contribution is -2.39. The molecule has 0 spiro atoms. The molecule has 1 aliphatic heterocycles. The number of amides is 1. The van der Waals surface area contributed by atoms with Gasteiger partial charge in [0.05, 0.1) is 0 Å². The van der Waals surface area contributed by atoms with Crippen LogP contribution in [0, 0.1) is 5.92 Å². The van der Waals surface area contributed by atoms with Gasteiger partial charge in [0.2, 0.25) is 0 Å². The number of nitrogens with one attached hydrogen (secondary N) is 1. The van der Waals surface area contributed by atoms with Crippen molar-refractivity contribution in [3.05, 3.63) is 29.6 Å². The van der Waals surface area contributed by atoms with Gasteiger partial charge in [-0.05, 0) is 44.0 Å². The van der Waals surface area contributed by atoms with Crippen LogP contribution in [0.25, 0.3) is 0 Å². The zero-order valence-corrected chi connectivity index (χ0v) is 11.4. The molecule has 1 unspecified atom stereocenters. The molecule has 1 aromatic rings. The highest BCUT2D eigenvalue weighted by Gasteiger charge is 2.18. The van der Waals surface area contributed by atoms with Crippen molar-refractivity contribution in [2.24, 2.45) is 11.7 Å². The fraction of sp³-hybridized carbons (Fsp3) is 0.571. The lowest BCUT2D eigenvalue weighted by molar-refractivity contribution is 0.0932. The number of nitrogens with zero attached hydrogens (tertiary/aromatic N) is 2. The number of piperidine rings is 1. The second-order valence-corrected chi connectivity index (χ2v) is 5.24. The van der Waals surface area contributed by atoms with Crippen molar-refractivity contribution in [3.63, 3.8) is 0 Å². The zero-order chi connectivity index (χ0) is 13.7. The van der Waals surface area contributed by atoms with Gasteiger partial charge in [-0.15, -0.1) is 0 Å². The van der Waals surface area contributed by atoms with Gasteiger partial charge in [0.1, 0.15) is 5.69 Å². The van der Waals surface area contributed by atoms with Gasteiger partial charge in [0.15, 0.2) is 0 Å². The smallest absolute Gasteiger partial charge is 0.269 e. The van der Waals surface area contributed by atoms with E-state index in [-0.39, 0.29) is 5.91 Å². The molecular weight excluding hydrogens is 240 g/mol. The average Bonchev–Trinajstić information content (AvgIpc) is 2.45. The maximum Gasteiger partial charge on any atom is 0.269 e. The van der Waals surface area contributed by atoms with E-state index in [1.54, 1.807) is 12.3 Å². The van der Waals surface area contributed by atoms with Gasteiger partial charge in [-0.25, -0.2) is 0 Å². The summed E-state index contributed by atoms with van der Waals surface area (Å²) in [5.74, 6) is 0.447. The largest absolute Gasteiger partial charge is 0.350 e. The number of likely N-dealkylation sites (tertiary alicyclic amines) is 1. The Kier molecular flexibility index (Phi) is 4.87. The molecular formula is C14H22N4O. The van der Waals surface area contributed by atoms with Gasteiger partial charge in [0.25, 0.3) is 5.91 Å². The third kappa shape index (κ3) is 4.01. The highest BCUT2D eigenvalue weighted by molar-refractivity contribution is 5.92. The van der Waals surface area contributed by atoms with Crippen LogP contribution in [0.4, 0.5) is 0 Å². The predicted octanol–water partition coefficient (Wildman–Crippen LogP) is 0.612. The molecule has 3 N–H and O–H groups in total. The Morgan fingerprint density at radius 2 is 2.42 bits per heavy atom. The summed E-state index contributed by atoms with van der Waals surface area (Å²) in [5, 5.41) is 2.97. The van der Waals surface area contributed by atoms with Crippen molar-refractivity contribution in [2.45, 2.75) is 19.4 Å². The molecule has 0 aromatic carbocycles. The molecule has 0 bridgehead atoms. The van der Waals surface area contributed by atoms with Gasteiger partial charge in [-0.3, -0.25) is 9.78 Å². The monoisotopic (exact) mass is 262 g/mol. The Hall–Kier alpha value is -1.46. The first-order chi connectivity index (χ1) is 9.19. The zero-order valence-electron chi connectivity index (χ0n) is 11.4. The lowest BCUT2D eigenvalue weighted by Gasteiger charge is -2.29. The molecule has 1 amide bonds. The van der Waals surface area contributed by atoms with E-state index < -0.39 is 0 Å². The maximum atomic E-state index is 12.0. The van der Waals surface area contributed by atoms with Crippen LogP contribution in [0.1, 0.15) is 28.9 Å². The van der Waals surface area contributed by atoms with E-state index in [0.717, 1.165) is 25.2 Å². The van der Waals surface area contributed by atoms with Crippen molar-refractivity contribution >= 4 is 5.91 Å². The summed E-state index contributed by atoms with van der Waals surface area (Å²) in [6.07, 6.45) is 4.05. The number of carbonyl (C=O) groups is 1. The van der Waals surface area contributed by atoms with E-state index in [9.17, 15) is 4.79 Å². The number of rotatable bonds is 4. The Balaban J connectivity index is 1.83. The standard InChI is InChI=1S/C14H22N4O/c1-18-6-2-3-12(10-18)9-17-14(19)13-5-4-11(7-15)8-16-13/h4-5,8,12H,2-3,6-7,9-10,15H2,1H3,(H,17,19). The van der Waals surface area contributed by atoms with Crippen molar-refractivity contribution in [3.8, 4) is 0 Å². The second-order valence-electron chi connectivity index (χ2n) is 5.24. The fourth-order valence-corrected chi connectivity index (χ4v) is 2.45. The highest BCUT2D eigenvalue weighted by atomic mass is 16.1. The van der Waals surface area contributed by atoms with Crippen LogP contribution in [0.15, 0.2) is 18.3 Å². The summed E-state index contributed by atoms with van der Waals surface area (Å²) >= 11 is 0. The Morgan fingerprint density at radius 3 is 3.05 bits per heavy atom. The van der Waals surface area contributed by atoms with Crippen LogP contribution < -0.4 is 11.1 Å². The molecule has 1 saturated heterocycles. The van der Waals surface area contributed by atoms with E-state index in [1.807, 2.05) is 6.07 Å². The molecule has 1 atom stereocenters. The summed E-state index contributed by atoms with van der Waals surface area (Å²) in [6.45, 7) is 3.39. The first-order valence-electron chi connectivity index (χ1n) is 6.81. The molecule has 1 fully saturated rings. The minimum absolute atomic E-state index is 0.100. The predicted molar refractivity (Wildman–Crippen MR) is 74.7 cm³/mol. The first-order valence-corrected chi connectivity index (χ1v) is 6.81. The normalized spacial score (nSPS) is 20.2. The molecule has 0 saturated carbocycles. The Labute approximate surface area is 114 Å². The average molecular weight is 262 g/mol. The molecule has 1 aliphatic rings. The quantitative estimate of drug-likeness (QED) is 0.834. The maximum absolute atomic E-state index is 12.0. The number of carbonyl (C=O) groups excluding carboxylic acids is 1. The van der Waals surface area contributed by atoms with E-state index in [4.69, 9.17) is 5.73 Å². The molecule has 5 heteroatoms. The number of pyridine rings is 1. The SMILES string of the molecule is CN1CCCC(CNC(=O)c2ccc(CN)cn2)C1. The minimum atomic E-state index is -0.100. The summed E-state index contributed by atoms with van der Waals surface area (Å²) in [7, 11) is 2.13. The molecule has 19 heavy (non-hydrogen) atoms. The topological polar surface area (TPSA) is 71.2 Å². The van der Waals surface area contributed by atoms with E-state index in [0.29, 0.717) is 18.2 Å². The van der Waals surface area contributed by atoms with Crippen LogP contribution in [0.5, 0.6) is 0 Å². The van der Waals surface area contributed by atoms with Crippen LogP contribution in [-0.2, 0) is 6.54 Å². The van der Waals surface area contributed by atoms with Crippen LogP contribution in [-0.4, -0.2) is 42.5 Å². The van der Waals surface area contributed by atoms with Crippen molar-refractivity contribution in [2.75, 3.05) is 26.7 Å². The summed E-state index contributed by atoms with van der Waals surface area (Å²) in [4.78, 5) is 18.4. The molecule has 2 rings (SSSR count). The lowest BCUT2D eigenvalue weighted by atomic mass is 9.98. The molecule has 104 valence electrons. The third-order valence-electron chi connectivity index (χ3n) is 3.57. The Morgan fingerprint density at radius 1 is 1.58 bits per heavy atom. The second kappa shape index (κ2) is 6.63. The van der Waals surface area contributed by atoms with Crippen LogP contribution in [0.2, 0.25) is 0 Å². The van der Waals surface area contributed by atoms with Gasteiger partial charge < -0.3 is 16.0 Å². The molecule has 0 aliphatic carbocycles. The molecule has 0 radical (unpaired) electrons. The van der Waals surface area contributed by atoms with Crippen molar-refractivity contribution < 1.29 is 4.79 Å². The van der Waals surface area contributed by atoms with Gasteiger partial charge in [-0.1, -0.05) is 6.07 Å². The van der Waals surface area contributed by atoms with Crippen molar-refractivity contribution in [1.29, 1.82) is 0 Å². The first kappa shape index (κ1) is 14.0. The fourth-order valence-electron chi connectivity index (χ4n) is 2.45. The highest BCUT2D eigenvalue weighted by Crippen LogP contribution is 2.14.